The first kappa shape index (κ1) is 16.4. The van der Waals surface area contributed by atoms with E-state index in [-0.39, 0.29) is 29.8 Å². The lowest BCUT2D eigenvalue weighted by molar-refractivity contribution is -0.385. The third-order valence-corrected chi connectivity index (χ3v) is 2.82. The fourth-order valence-corrected chi connectivity index (χ4v) is 1.78. The number of nitrogens with one attached hydrogen (secondary N) is 1. The van der Waals surface area contributed by atoms with E-state index in [0.29, 0.717) is 0 Å². The molecule has 0 bridgehead atoms. The zero-order valence-electron chi connectivity index (χ0n) is 11.7. The molecular formula is C13H16N2O6. The van der Waals surface area contributed by atoms with Gasteiger partial charge in [0.05, 0.1) is 12.0 Å². The van der Waals surface area contributed by atoms with Crippen LogP contribution in [0.1, 0.15) is 30.1 Å². The van der Waals surface area contributed by atoms with Crippen molar-refractivity contribution in [1.82, 2.24) is 5.32 Å². The molecule has 0 heterocycles. The lowest BCUT2D eigenvalue weighted by Gasteiger charge is -2.14. The molecule has 2 N–H and O–H groups in total. The maximum Gasteiger partial charge on any atom is 0.303 e. The number of nitro groups is 1. The highest BCUT2D eigenvalue weighted by Gasteiger charge is 2.25. The molecule has 114 valence electrons. The Morgan fingerprint density at radius 1 is 1.48 bits per heavy atom. The zero-order chi connectivity index (χ0) is 16.0. The van der Waals surface area contributed by atoms with Gasteiger partial charge < -0.3 is 15.2 Å². The summed E-state index contributed by atoms with van der Waals surface area (Å²) in [6.07, 6.45) is 0.124. The van der Waals surface area contributed by atoms with Gasteiger partial charge in [-0.2, -0.15) is 0 Å². The van der Waals surface area contributed by atoms with Crippen molar-refractivity contribution < 1.29 is 24.4 Å². The van der Waals surface area contributed by atoms with Gasteiger partial charge >= 0.3 is 5.97 Å². The van der Waals surface area contributed by atoms with Gasteiger partial charge in [-0.15, -0.1) is 0 Å². The van der Waals surface area contributed by atoms with Gasteiger partial charge in [-0.25, -0.2) is 0 Å². The van der Waals surface area contributed by atoms with Crippen LogP contribution in [-0.4, -0.2) is 35.1 Å². The molecule has 0 fully saturated rings. The van der Waals surface area contributed by atoms with Crippen LogP contribution in [0.2, 0.25) is 0 Å². The second-order valence-electron chi connectivity index (χ2n) is 4.42. The average Bonchev–Trinajstić information content (AvgIpc) is 2.43. The molecule has 1 amide bonds. The number of methoxy groups -OCH3 is 1. The van der Waals surface area contributed by atoms with Crippen LogP contribution in [0.3, 0.4) is 0 Å². The second-order valence-corrected chi connectivity index (χ2v) is 4.42. The molecule has 1 atom stereocenters. The molecular weight excluding hydrogens is 280 g/mol. The number of amides is 1. The maximum atomic E-state index is 12.2. The van der Waals surface area contributed by atoms with Gasteiger partial charge in [-0.05, 0) is 19.4 Å². The summed E-state index contributed by atoms with van der Waals surface area (Å²) < 4.78 is 4.98. The van der Waals surface area contributed by atoms with Gasteiger partial charge in [0.25, 0.3) is 11.6 Å². The van der Waals surface area contributed by atoms with E-state index in [2.05, 4.69) is 5.32 Å². The average molecular weight is 296 g/mol. The van der Waals surface area contributed by atoms with Crippen molar-refractivity contribution in [3.8, 4) is 5.75 Å². The zero-order valence-corrected chi connectivity index (χ0v) is 11.7. The second kappa shape index (κ2) is 7.22. The highest BCUT2D eigenvalue weighted by Crippen LogP contribution is 2.28. The van der Waals surface area contributed by atoms with E-state index in [1.807, 2.05) is 0 Å². The minimum Gasteiger partial charge on any atom is -0.496 e. The Balaban J connectivity index is 2.95. The summed E-state index contributed by atoms with van der Waals surface area (Å²) in [5.74, 6) is -1.55. The standard InChI is InChI=1S/C13H16N2O6/c1-8(6-7-11(16)17)14-13(18)12-9(15(19)20)4-3-5-10(12)21-2/h3-5,8H,6-7H2,1-2H3,(H,14,18)(H,16,17). The lowest BCUT2D eigenvalue weighted by Crippen LogP contribution is -2.33. The van der Waals surface area contributed by atoms with Crippen LogP contribution in [0.4, 0.5) is 5.69 Å². The molecule has 0 radical (unpaired) electrons. The number of nitro benzene ring substituents is 1. The van der Waals surface area contributed by atoms with Crippen LogP contribution in [0.25, 0.3) is 0 Å². The minimum absolute atomic E-state index is 0.0899. The predicted octanol–water partition coefficient (Wildman–Crippen LogP) is 1.59. The van der Waals surface area contributed by atoms with Crippen molar-refractivity contribution >= 4 is 17.6 Å². The van der Waals surface area contributed by atoms with E-state index in [9.17, 15) is 19.7 Å². The van der Waals surface area contributed by atoms with Crippen LogP contribution < -0.4 is 10.1 Å². The van der Waals surface area contributed by atoms with Crippen molar-refractivity contribution in [3.05, 3.63) is 33.9 Å². The van der Waals surface area contributed by atoms with Crippen LogP contribution in [0.5, 0.6) is 5.75 Å². The SMILES string of the molecule is COc1cccc([N+](=O)[O-])c1C(=O)NC(C)CCC(=O)O. The van der Waals surface area contributed by atoms with E-state index >= 15 is 0 Å². The highest BCUT2D eigenvalue weighted by molar-refractivity contribution is 6.01. The first-order chi connectivity index (χ1) is 9.86. The van der Waals surface area contributed by atoms with Gasteiger partial charge in [0.2, 0.25) is 0 Å². The Kier molecular flexibility index (Phi) is 5.65. The van der Waals surface area contributed by atoms with Crippen molar-refractivity contribution in [2.75, 3.05) is 7.11 Å². The minimum atomic E-state index is -0.973. The Labute approximate surface area is 120 Å². The lowest BCUT2D eigenvalue weighted by atomic mass is 10.1. The molecule has 0 aliphatic carbocycles. The summed E-state index contributed by atoms with van der Waals surface area (Å²) >= 11 is 0. The van der Waals surface area contributed by atoms with E-state index in [4.69, 9.17) is 9.84 Å². The Morgan fingerprint density at radius 2 is 2.14 bits per heavy atom. The summed E-state index contributed by atoms with van der Waals surface area (Å²) in [6.45, 7) is 1.63. The first-order valence-electron chi connectivity index (χ1n) is 6.20. The maximum absolute atomic E-state index is 12.2. The van der Waals surface area contributed by atoms with Crippen LogP contribution in [0.15, 0.2) is 18.2 Å². The van der Waals surface area contributed by atoms with Crippen molar-refractivity contribution in [3.63, 3.8) is 0 Å². The number of carboxylic acid groups (broad SMARTS) is 1. The molecule has 0 spiro atoms. The summed E-state index contributed by atoms with van der Waals surface area (Å²) in [5, 5.41) is 22.1. The van der Waals surface area contributed by atoms with E-state index in [1.54, 1.807) is 6.92 Å². The topological polar surface area (TPSA) is 119 Å². The molecule has 1 unspecified atom stereocenters. The molecule has 1 aromatic rings. The van der Waals surface area contributed by atoms with Gasteiger partial charge in [0, 0.05) is 18.5 Å². The number of carboxylic acids is 1. The number of nitrogens with zero attached hydrogens (tertiary/aromatic N) is 1. The first-order valence-corrected chi connectivity index (χ1v) is 6.20. The molecule has 1 rings (SSSR count). The van der Waals surface area contributed by atoms with Gasteiger partial charge in [-0.1, -0.05) is 6.07 Å². The number of hydrogen-bond donors (Lipinski definition) is 2. The fraction of sp³-hybridized carbons (Fsp3) is 0.385. The molecule has 1 aromatic carbocycles. The Morgan fingerprint density at radius 3 is 2.67 bits per heavy atom. The van der Waals surface area contributed by atoms with Gasteiger partial charge in [0.1, 0.15) is 5.75 Å². The smallest absolute Gasteiger partial charge is 0.303 e. The summed E-state index contributed by atoms with van der Waals surface area (Å²) in [5.41, 5.74) is -0.538. The summed E-state index contributed by atoms with van der Waals surface area (Å²) in [4.78, 5) is 33.0. The monoisotopic (exact) mass is 296 g/mol. The fourth-order valence-electron chi connectivity index (χ4n) is 1.78. The number of carbonyl (C=O) groups is 2. The quantitative estimate of drug-likeness (QED) is 0.582. The third-order valence-electron chi connectivity index (χ3n) is 2.82. The molecule has 21 heavy (non-hydrogen) atoms. The van der Waals surface area contributed by atoms with Gasteiger partial charge in [0.15, 0.2) is 5.56 Å². The molecule has 0 saturated carbocycles. The van der Waals surface area contributed by atoms with Crippen LogP contribution >= 0.6 is 0 Å². The van der Waals surface area contributed by atoms with E-state index < -0.39 is 22.8 Å². The molecule has 8 nitrogen and oxygen atoms in total. The number of hydrogen-bond acceptors (Lipinski definition) is 5. The molecule has 0 aliphatic rings. The summed E-state index contributed by atoms with van der Waals surface area (Å²) in [6, 6.07) is 3.64. The molecule has 0 aliphatic heterocycles. The van der Waals surface area contributed by atoms with Gasteiger partial charge in [-0.3, -0.25) is 19.7 Å². The number of rotatable bonds is 7. The Bertz CT molecular complexity index is 558. The predicted molar refractivity (Wildman–Crippen MR) is 73.4 cm³/mol. The Hall–Kier alpha value is -2.64. The van der Waals surface area contributed by atoms with E-state index in [0.717, 1.165) is 0 Å². The number of aliphatic carboxylic acids is 1. The molecule has 0 aromatic heterocycles. The molecule has 0 saturated heterocycles. The van der Waals surface area contributed by atoms with Crippen molar-refractivity contribution in [2.45, 2.75) is 25.8 Å². The number of ether oxygens (including phenoxy) is 1. The van der Waals surface area contributed by atoms with Crippen molar-refractivity contribution in [2.24, 2.45) is 0 Å². The van der Waals surface area contributed by atoms with E-state index in [1.165, 1.54) is 25.3 Å². The van der Waals surface area contributed by atoms with Crippen LogP contribution in [0, 0.1) is 10.1 Å². The normalized spacial score (nSPS) is 11.5. The highest BCUT2D eigenvalue weighted by atomic mass is 16.6. The van der Waals surface area contributed by atoms with Crippen LogP contribution in [-0.2, 0) is 4.79 Å². The van der Waals surface area contributed by atoms with Crippen molar-refractivity contribution in [1.29, 1.82) is 0 Å². The number of benzene rings is 1. The number of carbonyl (C=O) groups excluding carboxylic acids is 1. The molecule has 8 heteroatoms. The largest absolute Gasteiger partial charge is 0.496 e. The third kappa shape index (κ3) is 4.44. The summed E-state index contributed by atoms with van der Waals surface area (Å²) in [7, 11) is 1.31.